The Kier molecular flexibility index (Phi) is 5.18. The monoisotopic (exact) mass is 326 g/mol. The van der Waals surface area contributed by atoms with Crippen LogP contribution in [0.4, 0.5) is 11.4 Å². The van der Waals surface area contributed by atoms with E-state index in [9.17, 15) is 4.79 Å². The fourth-order valence-electron chi connectivity index (χ4n) is 3.47. The van der Waals surface area contributed by atoms with Gasteiger partial charge in [-0.1, -0.05) is 19.1 Å². The number of aromatic amines is 1. The lowest BCUT2D eigenvalue weighted by molar-refractivity contribution is -0.116. The van der Waals surface area contributed by atoms with Gasteiger partial charge in [0.05, 0.1) is 23.4 Å². The van der Waals surface area contributed by atoms with Crippen molar-refractivity contribution in [3.8, 4) is 0 Å². The van der Waals surface area contributed by atoms with Gasteiger partial charge in [-0.05, 0) is 38.3 Å². The van der Waals surface area contributed by atoms with E-state index in [0.717, 1.165) is 43.7 Å². The van der Waals surface area contributed by atoms with Crippen LogP contribution in [0.5, 0.6) is 0 Å². The number of benzene rings is 1. The number of aryl methyl sites for hydroxylation is 1. The summed E-state index contributed by atoms with van der Waals surface area (Å²) in [5.74, 6) is 0.612. The summed E-state index contributed by atoms with van der Waals surface area (Å²) in [5, 5.41) is 3.06. The van der Waals surface area contributed by atoms with Gasteiger partial charge >= 0.3 is 0 Å². The number of aromatic nitrogens is 2. The van der Waals surface area contributed by atoms with Gasteiger partial charge in [0.2, 0.25) is 5.91 Å². The van der Waals surface area contributed by atoms with E-state index < -0.39 is 0 Å². The smallest absolute Gasteiger partial charge is 0.224 e. The summed E-state index contributed by atoms with van der Waals surface area (Å²) in [7, 11) is 0. The first-order valence-corrected chi connectivity index (χ1v) is 8.82. The number of para-hydroxylation sites is 2. The van der Waals surface area contributed by atoms with E-state index in [1.54, 1.807) is 6.33 Å². The third kappa shape index (κ3) is 3.61. The molecule has 1 fully saturated rings. The largest absolute Gasteiger partial charge is 0.370 e. The van der Waals surface area contributed by atoms with Gasteiger partial charge < -0.3 is 15.2 Å². The van der Waals surface area contributed by atoms with E-state index in [4.69, 9.17) is 0 Å². The van der Waals surface area contributed by atoms with Crippen LogP contribution in [0.25, 0.3) is 0 Å². The average molecular weight is 326 g/mol. The van der Waals surface area contributed by atoms with Crippen molar-refractivity contribution in [1.29, 1.82) is 0 Å². The second kappa shape index (κ2) is 7.51. The minimum atomic E-state index is 0.0898. The summed E-state index contributed by atoms with van der Waals surface area (Å²) in [5.41, 5.74) is 4.43. The zero-order chi connectivity index (χ0) is 16.9. The SMILES string of the molecule is CCCC(=O)Nc1ccccc1N1CCC(c2nc[nH]c2C)CC1. The van der Waals surface area contributed by atoms with Gasteiger partial charge in [-0.2, -0.15) is 0 Å². The van der Waals surface area contributed by atoms with Gasteiger partial charge in [-0.3, -0.25) is 4.79 Å². The van der Waals surface area contributed by atoms with Gasteiger partial charge in [0, 0.05) is 31.1 Å². The molecule has 2 N–H and O–H groups in total. The van der Waals surface area contributed by atoms with Crippen LogP contribution in [0.2, 0.25) is 0 Å². The number of carbonyl (C=O) groups excluding carboxylic acids is 1. The maximum absolute atomic E-state index is 12.0. The van der Waals surface area contributed by atoms with Crippen molar-refractivity contribution in [2.45, 2.75) is 45.4 Å². The Labute approximate surface area is 143 Å². The molecule has 0 saturated carbocycles. The van der Waals surface area contributed by atoms with Crippen molar-refractivity contribution in [2.24, 2.45) is 0 Å². The van der Waals surface area contributed by atoms with E-state index in [1.165, 1.54) is 11.4 Å². The first kappa shape index (κ1) is 16.6. The van der Waals surface area contributed by atoms with E-state index in [1.807, 2.05) is 25.1 Å². The number of hydrogen-bond donors (Lipinski definition) is 2. The van der Waals surface area contributed by atoms with Gasteiger partial charge in [0.25, 0.3) is 0 Å². The first-order valence-electron chi connectivity index (χ1n) is 8.82. The maximum atomic E-state index is 12.0. The van der Waals surface area contributed by atoms with Crippen LogP contribution in [0.3, 0.4) is 0 Å². The molecule has 1 aromatic heterocycles. The van der Waals surface area contributed by atoms with Crippen molar-refractivity contribution in [3.05, 3.63) is 42.0 Å². The Morgan fingerprint density at radius 2 is 2.08 bits per heavy atom. The quantitative estimate of drug-likeness (QED) is 0.877. The number of piperidine rings is 1. The third-order valence-corrected chi connectivity index (χ3v) is 4.75. The molecular weight excluding hydrogens is 300 g/mol. The summed E-state index contributed by atoms with van der Waals surface area (Å²) >= 11 is 0. The number of nitrogens with zero attached hydrogens (tertiary/aromatic N) is 2. The standard InChI is InChI=1S/C19H26N4O/c1-3-6-18(24)22-16-7-4-5-8-17(16)23-11-9-15(10-12-23)19-14(2)20-13-21-19/h4-5,7-8,13,15H,3,6,9-12H2,1-2H3,(H,20,21)(H,22,24). The number of amides is 1. The highest BCUT2D eigenvalue weighted by molar-refractivity contribution is 5.94. The second-order valence-electron chi connectivity index (χ2n) is 6.49. The molecule has 1 aliphatic rings. The summed E-state index contributed by atoms with van der Waals surface area (Å²) in [4.78, 5) is 22.0. The molecule has 2 aromatic rings. The molecule has 2 heterocycles. The molecule has 24 heavy (non-hydrogen) atoms. The Bertz CT molecular complexity index is 686. The Hall–Kier alpha value is -2.30. The van der Waals surface area contributed by atoms with Crippen LogP contribution in [0, 0.1) is 6.92 Å². The molecule has 3 rings (SSSR count). The molecule has 1 aliphatic heterocycles. The molecule has 1 aromatic carbocycles. The van der Waals surface area contributed by atoms with Crippen LogP contribution in [-0.2, 0) is 4.79 Å². The maximum Gasteiger partial charge on any atom is 0.224 e. The molecule has 5 nitrogen and oxygen atoms in total. The van der Waals surface area contributed by atoms with Crippen molar-refractivity contribution < 1.29 is 4.79 Å². The van der Waals surface area contributed by atoms with Gasteiger partial charge in [-0.15, -0.1) is 0 Å². The third-order valence-electron chi connectivity index (χ3n) is 4.75. The van der Waals surface area contributed by atoms with Gasteiger partial charge in [-0.25, -0.2) is 4.98 Å². The lowest BCUT2D eigenvalue weighted by atomic mass is 9.92. The molecular formula is C19H26N4O. The van der Waals surface area contributed by atoms with E-state index in [-0.39, 0.29) is 5.91 Å². The Balaban J connectivity index is 1.68. The number of hydrogen-bond acceptors (Lipinski definition) is 3. The van der Waals surface area contributed by atoms with Crippen LogP contribution in [-0.4, -0.2) is 29.0 Å². The minimum absolute atomic E-state index is 0.0898. The molecule has 0 radical (unpaired) electrons. The summed E-state index contributed by atoms with van der Waals surface area (Å²) < 4.78 is 0. The fraction of sp³-hybridized carbons (Fsp3) is 0.474. The molecule has 0 atom stereocenters. The van der Waals surface area contributed by atoms with E-state index >= 15 is 0 Å². The summed E-state index contributed by atoms with van der Waals surface area (Å²) in [6, 6.07) is 8.11. The number of rotatable bonds is 5. The van der Waals surface area contributed by atoms with Crippen LogP contribution >= 0.6 is 0 Å². The van der Waals surface area contributed by atoms with Gasteiger partial charge in [0.15, 0.2) is 0 Å². The number of nitrogens with one attached hydrogen (secondary N) is 2. The molecule has 0 spiro atoms. The Morgan fingerprint density at radius 3 is 2.75 bits per heavy atom. The van der Waals surface area contributed by atoms with Crippen molar-refractivity contribution >= 4 is 17.3 Å². The van der Waals surface area contributed by atoms with Crippen LogP contribution < -0.4 is 10.2 Å². The molecule has 1 amide bonds. The number of carbonyl (C=O) groups is 1. The molecule has 1 saturated heterocycles. The zero-order valence-electron chi connectivity index (χ0n) is 14.5. The minimum Gasteiger partial charge on any atom is -0.370 e. The zero-order valence-corrected chi connectivity index (χ0v) is 14.5. The number of anilines is 2. The number of imidazole rings is 1. The lowest BCUT2D eigenvalue weighted by Gasteiger charge is -2.34. The van der Waals surface area contributed by atoms with Crippen LogP contribution in [0.15, 0.2) is 30.6 Å². The second-order valence-corrected chi connectivity index (χ2v) is 6.49. The highest BCUT2D eigenvalue weighted by Gasteiger charge is 2.24. The summed E-state index contributed by atoms with van der Waals surface area (Å²) in [6.07, 6.45) is 5.39. The molecule has 0 aliphatic carbocycles. The highest BCUT2D eigenvalue weighted by Crippen LogP contribution is 2.33. The molecule has 0 bridgehead atoms. The Morgan fingerprint density at radius 1 is 1.33 bits per heavy atom. The highest BCUT2D eigenvalue weighted by atomic mass is 16.1. The van der Waals surface area contributed by atoms with E-state index in [0.29, 0.717) is 12.3 Å². The van der Waals surface area contributed by atoms with Crippen molar-refractivity contribution in [2.75, 3.05) is 23.3 Å². The topological polar surface area (TPSA) is 61.0 Å². The number of H-pyrrole nitrogens is 1. The molecule has 128 valence electrons. The average Bonchev–Trinajstić information content (AvgIpc) is 3.02. The predicted molar refractivity (Wildman–Crippen MR) is 97.5 cm³/mol. The molecule has 5 heteroatoms. The normalized spacial score (nSPS) is 15.5. The summed E-state index contributed by atoms with van der Waals surface area (Å²) in [6.45, 7) is 6.08. The molecule has 0 unspecified atom stereocenters. The van der Waals surface area contributed by atoms with Crippen molar-refractivity contribution in [1.82, 2.24) is 9.97 Å². The lowest BCUT2D eigenvalue weighted by Crippen LogP contribution is -2.33. The fourth-order valence-corrected chi connectivity index (χ4v) is 3.47. The van der Waals surface area contributed by atoms with E-state index in [2.05, 4.69) is 33.2 Å². The predicted octanol–water partition coefficient (Wildman–Crippen LogP) is 3.84. The van der Waals surface area contributed by atoms with Gasteiger partial charge in [0.1, 0.15) is 0 Å². The first-order chi connectivity index (χ1) is 11.7. The van der Waals surface area contributed by atoms with Crippen molar-refractivity contribution in [3.63, 3.8) is 0 Å². The van der Waals surface area contributed by atoms with Crippen LogP contribution in [0.1, 0.15) is 49.9 Å².